The lowest BCUT2D eigenvalue weighted by molar-refractivity contribution is 0.573. The van der Waals surface area contributed by atoms with Gasteiger partial charge in [0.1, 0.15) is 23.1 Å². The van der Waals surface area contributed by atoms with Crippen molar-refractivity contribution in [3.05, 3.63) is 46.2 Å². The summed E-state index contributed by atoms with van der Waals surface area (Å²) in [5.74, 6) is -1.46. The summed E-state index contributed by atoms with van der Waals surface area (Å²) in [5, 5.41) is 13.2. The van der Waals surface area contributed by atoms with Gasteiger partial charge in [-0.1, -0.05) is 24.9 Å². The topological polar surface area (TPSA) is 41.6 Å². The lowest BCUT2D eigenvalue weighted by Gasteiger charge is -2.04. The third-order valence-electron chi connectivity index (χ3n) is 2.64. The second-order valence-electron chi connectivity index (χ2n) is 3.98. The van der Waals surface area contributed by atoms with E-state index < -0.39 is 11.6 Å². The van der Waals surface area contributed by atoms with E-state index in [1.165, 1.54) is 6.07 Å². The van der Waals surface area contributed by atoms with Crippen molar-refractivity contribution in [3.8, 4) is 11.8 Å². The van der Waals surface area contributed by atoms with Crippen LogP contribution in [-0.2, 0) is 6.42 Å². The summed E-state index contributed by atoms with van der Waals surface area (Å²) in [4.78, 5) is 0. The van der Waals surface area contributed by atoms with Crippen LogP contribution in [0.3, 0.4) is 0 Å². The average Bonchev–Trinajstić information content (AvgIpc) is 2.66. The second-order valence-corrected chi connectivity index (χ2v) is 4.34. The number of nitriles is 1. The predicted molar refractivity (Wildman–Crippen MR) is 67.2 cm³/mol. The first-order valence-corrected chi connectivity index (χ1v) is 6.09. The molecule has 98 valence electrons. The molecule has 2 aromatic rings. The van der Waals surface area contributed by atoms with E-state index >= 15 is 0 Å². The van der Waals surface area contributed by atoms with Crippen LogP contribution in [0.5, 0.6) is 0 Å². The van der Waals surface area contributed by atoms with Gasteiger partial charge in [-0.2, -0.15) is 10.4 Å². The summed E-state index contributed by atoms with van der Waals surface area (Å²) in [7, 11) is 0. The van der Waals surface area contributed by atoms with Crippen molar-refractivity contribution in [2.45, 2.75) is 19.8 Å². The minimum Gasteiger partial charge on any atom is -0.218 e. The summed E-state index contributed by atoms with van der Waals surface area (Å²) in [6.07, 6.45) is 1.35. The van der Waals surface area contributed by atoms with Crippen LogP contribution in [0.1, 0.15) is 24.6 Å². The van der Waals surface area contributed by atoms with E-state index in [9.17, 15) is 8.78 Å². The molecule has 1 heterocycles. The smallest absolute Gasteiger partial charge is 0.151 e. The van der Waals surface area contributed by atoms with Crippen molar-refractivity contribution < 1.29 is 8.78 Å². The fraction of sp³-hybridized carbons (Fsp3) is 0.231. The molecule has 0 spiro atoms. The first kappa shape index (κ1) is 13.5. The van der Waals surface area contributed by atoms with Gasteiger partial charge in [0.15, 0.2) is 11.0 Å². The number of hydrogen-bond acceptors (Lipinski definition) is 2. The molecule has 0 radical (unpaired) electrons. The molecule has 0 saturated carbocycles. The van der Waals surface area contributed by atoms with Crippen molar-refractivity contribution in [1.29, 1.82) is 5.26 Å². The van der Waals surface area contributed by atoms with Crippen LogP contribution in [0.2, 0.25) is 5.15 Å². The zero-order valence-electron chi connectivity index (χ0n) is 10.1. The van der Waals surface area contributed by atoms with E-state index in [2.05, 4.69) is 5.10 Å². The Balaban J connectivity index is 2.60. The molecule has 3 nitrogen and oxygen atoms in total. The summed E-state index contributed by atoms with van der Waals surface area (Å²) < 4.78 is 27.7. The highest BCUT2D eigenvalue weighted by atomic mass is 35.5. The Hall–Kier alpha value is -1.93. The molecule has 0 aliphatic heterocycles. The Morgan fingerprint density at radius 3 is 2.74 bits per heavy atom. The largest absolute Gasteiger partial charge is 0.218 e. The molecule has 2 rings (SSSR count). The Labute approximate surface area is 114 Å². The molecule has 6 heteroatoms. The minimum absolute atomic E-state index is 0.0188. The first-order valence-electron chi connectivity index (χ1n) is 5.71. The van der Waals surface area contributed by atoms with E-state index in [0.717, 1.165) is 23.2 Å². The fourth-order valence-corrected chi connectivity index (χ4v) is 2.05. The normalized spacial score (nSPS) is 10.5. The van der Waals surface area contributed by atoms with E-state index in [-0.39, 0.29) is 16.4 Å². The standard InChI is InChI=1S/C13H10ClF2N3/c1-2-3-11-9(7-17)13(14)19(18-11)12-5-4-8(15)6-10(12)16/h4-6H,2-3H2,1H3. The molecular weight excluding hydrogens is 272 g/mol. The van der Waals surface area contributed by atoms with Gasteiger partial charge in [0.25, 0.3) is 0 Å². The molecule has 1 aromatic carbocycles. The second kappa shape index (κ2) is 5.37. The maximum atomic E-state index is 13.7. The van der Waals surface area contributed by atoms with Gasteiger partial charge in [-0.05, 0) is 18.6 Å². The fourth-order valence-electron chi connectivity index (χ4n) is 1.77. The van der Waals surface area contributed by atoms with Gasteiger partial charge in [-0.25, -0.2) is 13.5 Å². The van der Waals surface area contributed by atoms with Crippen LogP contribution in [0, 0.1) is 23.0 Å². The summed E-state index contributed by atoms with van der Waals surface area (Å²) in [6, 6.07) is 5.06. The molecule has 0 N–H and O–H groups in total. The number of halogens is 3. The molecule has 0 bridgehead atoms. The average molecular weight is 282 g/mol. The predicted octanol–water partition coefficient (Wildman–Crippen LogP) is 3.63. The van der Waals surface area contributed by atoms with E-state index in [1.54, 1.807) is 0 Å². The molecule has 0 amide bonds. The van der Waals surface area contributed by atoms with Crippen molar-refractivity contribution in [2.75, 3.05) is 0 Å². The van der Waals surface area contributed by atoms with Crippen LogP contribution in [0.4, 0.5) is 8.78 Å². The van der Waals surface area contributed by atoms with Gasteiger partial charge in [0.05, 0.1) is 5.69 Å². The highest BCUT2D eigenvalue weighted by molar-refractivity contribution is 6.31. The molecule has 0 fully saturated rings. The van der Waals surface area contributed by atoms with Crippen molar-refractivity contribution >= 4 is 11.6 Å². The molecular formula is C13H10ClF2N3. The van der Waals surface area contributed by atoms with Crippen molar-refractivity contribution in [3.63, 3.8) is 0 Å². The number of aryl methyl sites for hydroxylation is 1. The first-order chi connectivity index (χ1) is 9.08. The Kier molecular flexibility index (Phi) is 3.82. The van der Waals surface area contributed by atoms with Gasteiger partial charge in [-0.3, -0.25) is 0 Å². The lowest BCUT2D eigenvalue weighted by atomic mass is 10.2. The van der Waals surface area contributed by atoms with Crippen molar-refractivity contribution in [1.82, 2.24) is 9.78 Å². The number of benzene rings is 1. The van der Waals surface area contributed by atoms with Crippen molar-refractivity contribution in [2.24, 2.45) is 0 Å². The van der Waals surface area contributed by atoms with Crippen LogP contribution in [0.15, 0.2) is 18.2 Å². The van der Waals surface area contributed by atoms with Crippen LogP contribution in [0.25, 0.3) is 5.69 Å². The monoisotopic (exact) mass is 281 g/mol. The van der Waals surface area contributed by atoms with E-state index in [1.807, 2.05) is 13.0 Å². The molecule has 0 saturated heterocycles. The number of aromatic nitrogens is 2. The molecule has 0 atom stereocenters. The van der Waals surface area contributed by atoms with Gasteiger partial charge < -0.3 is 0 Å². The Morgan fingerprint density at radius 2 is 2.16 bits per heavy atom. The van der Waals surface area contributed by atoms with Crippen LogP contribution >= 0.6 is 11.6 Å². The molecule has 0 aliphatic rings. The zero-order chi connectivity index (χ0) is 14.0. The van der Waals surface area contributed by atoms with E-state index in [0.29, 0.717) is 12.1 Å². The highest BCUT2D eigenvalue weighted by Gasteiger charge is 2.18. The SMILES string of the molecule is CCCc1nn(-c2ccc(F)cc2F)c(Cl)c1C#N. The van der Waals surface area contributed by atoms with Gasteiger partial charge in [0, 0.05) is 6.07 Å². The summed E-state index contributed by atoms with van der Waals surface area (Å²) in [6.45, 7) is 1.94. The van der Waals surface area contributed by atoms with Gasteiger partial charge in [-0.15, -0.1) is 0 Å². The maximum Gasteiger partial charge on any atom is 0.151 e. The minimum atomic E-state index is -0.781. The molecule has 1 aromatic heterocycles. The highest BCUT2D eigenvalue weighted by Crippen LogP contribution is 2.25. The maximum absolute atomic E-state index is 13.7. The Morgan fingerprint density at radius 1 is 1.42 bits per heavy atom. The van der Waals surface area contributed by atoms with Gasteiger partial charge in [0.2, 0.25) is 0 Å². The summed E-state index contributed by atoms with van der Waals surface area (Å²) >= 11 is 6.03. The number of rotatable bonds is 3. The molecule has 19 heavy (non-hydrogen) atoms. The van der Waals surface area contributed by atoms with E-state index in [4.69, 9.17) is 16.9 Å². The lowest BCUT2D eigenvalue weighted by Crippen LogP contribution is -2.01. The molecule has 0 unspecified atom stereocenters. The number of nitrogens with zero attached hydrogens (tertiary/aromatic N) is 3. The van der Waals surface area contributed by atoms with Gasteiger partial charge >= 0.3 is 0 Å². The third-order valence-corrected chi connectivity index (χ3v) is 2.99. The van der Waals surface area contributed by atoms with Crippen LogP contribution < -0.4 is 0 Å². The third kappa shape index (κ3) is 2.45. The summed E-state index contributed by atoms with van der Waals surface area (Å²) in [5.41, 5.74) is 0.760. The number of hydrogen-bond donors (Lipinski definition) is 0. The zero-order valence-corrected chi connectivity index (χ0v) is 10.9. The molecule has 0 aliphatic carbocycles. The Bertz CT molecular complexity index is 659. The van der Waals surface area contributed by atoms with Crippen LogP contribution in [-0.4, -0.2) is 9.78 Å². The quantitative estimate of drug-likeness (QED) is 0.862.